The number of carbonyl (C=O) groups excluding carboxylic acids is 1. The number of benzene rings is 1. The van der Waals surface area contributed by atoms with Crippen molar-refractivity contribution in [2.45, 2.75) is 68.3 Å². The Morgan fingerprint density at radius 2 is 1.83 bits per heavy atom. The first-order valence-corrected chi connectivity index (χ1v) is 12.2. The highest BCUT2D eigenvalue weighted by Gasteiger charge is 2.27. The molecule has 1 aromatic carbocycles. The molecule has 0 spiro atoms. The van der Waals surface area contributed by atoms with Crippen LogP contribution in [0, 0.1) is 0 Å². The second-order valence-corrected chi connectivity index (χ2v) is 10.2. The molecule has 6 heteroatoms. The molecule has 0 bridgehead atoms. The van der Waals surface area contributed by atoms with E-state index >= 15 is 0 Å². The van der Waals surface area contributed by atoms with Crippen LogP contribution in [0.25, 0.3) is 10.2 Å². The lowest BCUT2D eigenvalue weighted by atomic mass is 9.97. The number of aromatic nitrogens is 2. The van der Waals surface area contributed by atoms with Gasteiger partial charge in [-0.25, -0.2) is 4.98 Å². The maximum atomic E-state index is 13.6. The molecule has 0 aliphatic heterocycles. The second-order valence-electron chi connectivity index (χ2n) is 7.98. The second kappa shape index (κ2) is 8.07. The summed E-state index contributed by atoms with van der Waals surface area (Å²) in [6, 6.07) is 10.1. The molecule has 3 aromatic rings. The van der Waals surface area contributed by atoms with Gasteiger partial charge in [-0.1, -0.05) is 48.5 Å². The van der Waals surface area contributed by atoms with Crippen molar-refractivity contribution in [3.05, 3.63) is 56.7 Å². The van der Waals surface area contributed by atoms with Gasteiger partial charge in [0.15, 0.2) is 5.16 Å². The van der Waals surface area contributed by atoms with Crippen molar-refractivity contribution in [2.24, 2.45) is 0 Å². The normalized spacial score (nSPS) is 19.4. The molecule has 0 amide bonds. The van der Waals surface area contributed by atoms with Crippen LogP contribution in [-0.2, 0) is 24.2 Å². The molecule has 2 aliphatic carbocycles. The fourth-order valence-corrected chi connectivity index (χ4v) is 6.93. The van der Waals surface area contributed by atoms with Gasteiger partial charge in [0, 0.05) is 11.3 Å². The van der Waals surface area contributed by atoms with E-state index in [-0.39, 0.29) is 10.8 Å². The molecule has 1 saturated carbocycles. The van der Waals surface area contributed by atoms with E-state index in [1.165, 1.54) is 28.6 Å². The highest BCUT2D eigenvalue weighted by molar-refractivity contribution is 8.00. The molecule has 29 heavy (non-hydrogen) atoms. The van der Waals surface area contributed by atoms with Gasteiger partial charge in [0.05, 0.1) is 17.2 Å². The largest absolute Gasteiger partial charge is 0.298 e. The number of Topliss-reactive ketones (excluding diaryl/α,β-unsaturated/α-hetero) is 1. The number of hydrogen-bond donors (Lipinski definition) is 0. The number of ketones is 1. The molecule has 2 heterocycles. The third-order valence-electron chi connectivity index (χ3n) is 5.97. The highest BCUT2D eigenvalue weighted by atomic mass is 32.2. The smallest absolute Gasteiger partial charge is 0.263 e. The Bertz CT molecular complexity index is 1120. The Morgan fingerprint density at radius 3 is 2.66 bits per heavy atom. The zero-order chi connectivity index (χ0) is 19.8. The fraction of sp³-hybridized carbons (Fsp3) is 0.435. The minimum absolute atomic E-state index is 0.0593. The topological polar surface area (TPSA) is 52.0 Å². The molecule has 5 rings (SSSR count). The van der Waals surface area contributed by atoms with Gasteiger partial charge in [0.1, 0.15) is 10.6 Å². The van der Waals surface area contributed by atoms with Crippen LogP contribution < -0.4 is 5.56 Å². The van der Waals surface area contributed by atoms with Crippen LogP contribution in [0.5, 0.6) is 0 Å². The number of rotatable bonds is 4. The van der Waals surface area contributed by atoms with Gasteiger partial charge >= 0.3 is 0 Å². The Hall–Kier alpha value is -1.92. The van der Waals surface area contributed by atoms with Crippen molar-refractivity contribution in [3.63, 3.8) is 0 Å². The Labute approximate surface area is 178 Å². The number of fused-ring (bicyclic) bond motifs is 3. The van der Waals surface area contributed by atoms with E-state index in [9.17, 15) is 9.59 Å². The predicted molar refractivity (Wildman–Crippen MR) is 119 cm³/mol. The zero-order valence-corrected chi connectivity index (χ0v) is 18.0. The summed E-state index contributed by atoms with van der Waals surface area (Å²) in [5.41, 5.74) is 2.36. The van der Waals surface area contributed by atoms with Crippen molar-refractivity contribution in [3.8, 4) is 0 Å². The minimum atomic E-state index is -0.0790. The fourth-order valence-electron chi connectivity index (χ4n) is 4.42. The van der Waals surface area contributed by atoms with Crippen molar-refractivity contribution in [1.29, 1.82) is 0 Å². The maximum Gasteiger partial charge on any atom is 0.263 e. The number of thiophene rings is 1. The molecular weight excluding hydrogens is 400 g/mol. The molecule has 2 aromatic heterocycles. The van der Waals surface area contributed by atoms with Gasteiger partial charge < -0.3 is 0 Å². The molecule has 4 nitrogen and oxygen atoms in total. The first kappa shape index (κ1) is 19.1. The number of nitrogens with zero attached hydrogens (tertiary/aromatic N) is 2. The van der Waals surface area contributed by atoms with Crippen LogP contribution in [0.4, 0.5) is 0 Å². The summed E-state index contributed by atoms with van der Waals surface area (Å²) < 4.78 is 1.81. The van der Waals surface area contributed by atoms with Crippen LogP contribution >= 0.6 is 23.1 Å². The van der Waals surface area contributed by atoms with Crippen LogP contribution in [0.3, 0.4) is 0 Å². The zero-order valence-electron chi connectivity index (χ0n) is 16.4. The average molecular weight is 425 g/mol. The molecular formula is C23H24N2O2S2. The van der Waals surface area contributed by atoms with Crippen LogP contribution in [0.1, 0.15) is 54.5 Å². The van der Waals surface area contributed by atoms with Crippen molar-refractivity contribution >= 4 is 39.1 Å². The number of thioether (sulfide) groups is 1. The number of hydrogen-bond acceptors (Lipinski definition) is 5. The van der Waals surface area contributed by atoms with Gasteiger partial charge in [-0.15, -0.1) is 11.3 Å². The number of aryl methyl sites for hydroxylation is 2. The standard InChI is InChI=1S/C23H24N2O2S2/c26-17-11-5-7-13-19(17)29-23-24-21-20(16-10-4-6-12-18(16)28-21)22(27)25(23)14-15-8-2-1-3-9-15/h1-3,8-9,19H,4-7,10-14H2/t19-/m1/s1. The van der Waals surface area contributed by atoms with E-state index in [1.807, 2.05) is 34.9 Å². The first-order valence-electron chi connectivity index (χ1n) is 10.5. The number of carbonyl (C=O) groups is 1. The third kappa shape index (κ3) is 3.68. The van der Waals surface area contributed by atoms with Gasteiger partial charge in [-0.2, -0.15) is 0 Å². The molecule has 0 unspecified atom stereocenters. The summed E-state index contributed by atoms with van der Waals surface area (Å²) in [5, 5.41) is 1.44. The van der Waals surface area contributed by atoms with Crippen LogP contribution in [0.2, 0.25) is 0 Å². The summed E-state index contributed by atoms with van der Waals surface area (Å²) in [4.78, 5) is 33.2. The third-order valence-corrected chi connectivity index (χ3v) is 8.46. The van der Waals surface area contributed by atoms with Crippen molar-refractivity contribution in [1.82, 2.24) is 9.55 Å². The molecule has 1 atom stereocenters. The summed E-state index contributed by atoms with van der Waals surface area (Å²) in [7, 11) is 0. The van der Waals surface area contributed by atoms with E-state index in [2.05, 4.69) is 0 Å². The minimum Gasteiger partial charge on any atom is -0.298 e. The van der Waals surface area contributed by atoms with Crippen molar-refractivity contribution < 1.29 is 4.79 Å². The lowest BCUT2D eigenvalue weighted by Gasteiger charge is -2.21. The molecule has 2 aliphatic rings. The van der Waals surface area contributed by atoms with Crippen LogP contribution in [-0.4, -0.2) is 20.6 Å². The van der Waals surface area contributed by atoms with Gasteiger partial charge in [0.2, 0.25) is 0 Å². The van der Waals surface area contributed by atoms with Crippen LogP contribution in [0.15, 0.2) is 40.3 Å². The first-order chi connectivity index (χ1) is 14.2. The summed E-state index contributed by atoms with van der Waals surface area (Å²) in [6.07, 6.45) is 7.95. The van der Waals surface area contributed by atoms with E-state index < -0.39 is 0 Å². The van der Waals surface area contributed by atoms with E-state index in [4.69, 9.17) is 4.98 Å². The Balaban J connectivity index is 1.63. The van der Waals surface area contributed by atoms with E-state index in [1.54, 1.807) is 11.3 Å². The van der Waals surface area contributed by atoms with E-state index in [0.29, 0.717) is 23.9 Å². The van der Waals surface area contributed by atoms with Crippen molar-refractivity contribution in [2.75, 3.05) is 0 Å². The molecule has 1 fully saturated rings. The predicted octanol–water partition coefficient (Wildman–Crippen LogP) is 4.99. The monoisotopic (exact) mass is 424 g/mol. The Kier molecular flexibility index (Phi) is 5.31. The van der Waals surface area contributed by atoms with Gasteiger partial charge in [-0.05, 0) is 49.7 Å². The molecule has 0 saturated heterocycles. The SMILES string of the molecule is O=C1CCCC[C@H]1Sc1nc2sc3c(c2c(=O)n1Cc1ccccc1)CCCC3. The molecule has 0 N–H and O–H groups in total. The highest BCUT2D eigenvalue weighted by Crippen LogP contribution is 2.36. The van der Waals surface area contributed by atoms with Gasteiger partial charge in [0.25, 0.3) is 5.56 Å². The molecule has 0 radical (unpaired) electrons. The van der Waals surface area contributed by atoms with E-state index in [0.717, 1.165) is 54.3 Å². The molecule has 150 valence electrons. The Morgan fingerprint density at radius 1 is 1.03 bits per heavy atom. The summed E-state index contributed by atoms with van der Waals surface area (Å²) in [5.74, 6) is 0.298. The quantitative estimate of drug-likeness (QED) is 0.554. The average Bonchev–Trinajstić information content (AvgIpc) is 3.11. The lowest BCUT2D eigenvalue weighted by Crippen LogP contribution is -2.27. The van der Waals surface area contributed by atoms with Gasteiger partial charge in [-0.3, -0.25) is 14.2 Å². The lowest BCUT2D eigenvalue weighted by molar-refractivity contribution is -0.119. The summed E-state index contributed by atoms with van der Waals surface area (Å²) >= 11 is 3.19. The summed E-state index contributed by atoms with van der Waals surface area (Å²) in [6.45, 7) is 0.497. The maximum absolute atomic E-state index is 13.6.